The maximum atomic E-state index is 12.3. The summed E-state index contributed by atoms with van der Waals surface area (Å²) in [6.07, 6.45) is 2.24. The lowest BCUT2D eigenvalue weighted by Gasteiger charge is -2.19. The minimum atomic E-state index is -2.87. The Labute approximate surface area is 166 Å². The Morgan fingerprint density at radius 2 is 1.79 bits per heavy atom. The Kier molecular flexibility index (Phi) is 7.25. The van der Waals surface area contributed by atoms with Crippen molar-refractivity contribution in [1.29, 1.82) is 0 Å². The van der Waals surface area contributed by atoms with E-state index in [-0.39, 0.29) is 17.4 Å². The average Bonchev–Trinajstić information content (AvgIpc) is 3.22. The summed E-state index contributed by atoms with van der Waals surface area (Å²) < 4.78 is 28.7. The van der Waals surface area contributed by atoms with E-state index in [2.05, 4.69) is 15.0 Å². The van der Waals surface area contributed by atoms with Gasteiger partial charge in [0.25, 0.3) is 0 Å². The molecule has 1 saturated heterocycles. The van der Waals surface area contributed by atoms with Crippen molar-refractivity contribution in [3.63, 3.8) is 0 Å². The van der Waals surface area contributed by atoms with Crippen LogP contribution in [0.2, 0.25) is 0 Å². The van der Waals surface area contributed by atoms with Gasteiger partial charge in [0.1, 0.15) is 5.75 Å². The van der Waals surface area contributed by atoms with Crippen LogP contribution in [0.3, 0.4) is 0 Å². The number of hydrogen-bond donors (Lipinski definition) is 1. The highest BCUT2D eigenvalue weighted by Gasteiger charge is 2.18. The third-order valence-electron chi connectivity index (χ3n) is 4.05. The number of alkyl halides is 2. The first kappa shape index (κ1) is 20.1. The fourth-order valence-electron chi connectivity index (χ4n) is 2.76. The molecule has 0 bridgehead atoms. The Bertz CT molecular complexity index is 795. The molecule has 2 aromatic carbocycles. The van der Waals surface area contributed by atoms with Crippen molar-refractivity contribution < 1.29 is 18.3 Å². The molecule has 0 saturated carbocycles. The van der Waals surface area contributed by atoms with Crippen LogP contribution in [0.15, 0.2) is 59.6 Å². The van der Waals surface area contributed by atoms with Gasteiger partial charge < -0.3 is 15.0 Å². The molecule has 0 unspecified atom stereocenters. The summed E-state index contributed by atoms with van der Waals surface area (Å²) in [7, 11) is 0. The SMILES string of the molecule is O=C(CSC(=Nc1ccccc1)N1CCCC1)Nc1ccc(OC(F)F)cc1. The number of nitrogens with zero attached hydrogens (tertiary/aromatic N) is 2. The predicted molar refractivity (Wildman–Crippen MR) is 109 cm³/mol. The zero-order chi connectivity index (χ0) is 19.8. The van der Waals surface area contributed by atoms with Gasteiger partial charge in [-0.3, -0.25) is 4.79 Å². The van der Waals surface area contributed by atoms with Crippen LogP contribution in [0, 0.1) is 0 Å². The number of amides is 1. The lowest BCUT2D eigenvalue weighted by atomic mass is 10.3. The third-order valence-corrected chi connectivity index (χ3v) is 5.07. The quantitative estimate of drug-likeness (QED) is 0.557. The van der Waals surface area contributed by atoms with Gasteiger partial charge in [-0.1, -0.05) is 30.0 Å². The van der Waals surface area contributed by atoms with E-state index in [4.69, 9.17) is 4.99 Å². The number of thioether (sulfide) groups is 1. The van der Waals surface area contributed by atoms with E-state index in [1.54, 1.807) is 0 Å². The van der Waals surface area contributed by atoms with Crippen molar-refractivity contribution in [2.24, 2.45) is 4.99 Å². The Hall–Kier alpha value is -2.61. The number of halogens is 2. The first-order valence-electron chi connectivity index (χ1n) is 8.96. The van der Waals surface area contributed by atoms with Crippen LogP contribution in [0.5, 0.6) is 5.75 Å². The van der Waals surface area contributed by atoms with E-state index >= 15 is 0 Å². The highest BCUT2D eigenvalue weighted by Crippen LogP contribution is 2.22. The molecule has 1 aliphatic heterocycles. The molecule has 8 heteroatoms. The van der Waals surface area contributed by atoms with Crippen molar-refractivity contribution >= 4 is 34.2 Å². The van der Waals surface area contributed by atoms with Gasteiger partial charge >= 0.3 is 6.61 Å². The molecule has 28 heavy (non-hydrogen) atoms. The van der Waals surface area contributed by atoms with Gasteiger partial charge in [0.05, 0.1) is 11.4 Å². The predicted octanol–water partition coefficient (Wildman–Crippen LogP) is 4.74. The number of anilines is 1. The van der Waals surface area contributed by atoms with Crippen LogP contribution < -0.4 is 10.1 Å². The first-order valence-corrected chi connectivity index (χ1v) is 9.95. The molecule has 0 atom stereocenters. The highest BCUT2D eigenvalue weighted by atomic mass is 32.2. The summed E-state index contributed by atoms with van der Waals surface area (Å²) in [5.74, 6) is 0.0680. The van der Waals surface area contributed by atoms with Crippen LogP contribution in [-0.2, 0) is 4.79 Å². The molecule has 0 aromatic heterocycles. The number of aliphatic imine (C=N–C) groups is 1. The van der Waals surface area contributed by atoms with E-state index in [1.807, 2.05) is 30.3 Å². The van der Waals surface area contributed by atoms with Gasteiger partial charge in [0.15, 0.2) is 5.17 Å². The monoisotopic (exact) mass is 405 g/mol. The number of hydrogen-bond acceptors (Lipinski definition) is 4. The van der Waals surface area contributed by atoms with E-state index in [0.29, 0.717) is 5.69 Å². The van der Waals surface area contributed by atoms with Gasteiger partial charge in [-0.25, -0.2) is 4.99 Å². The van der Waals surface area contributed by atoms with Crippen LogP contribution >= 0.6 is 11.8 Å². The number of likely N-dealkylation sites (tertiary alicyclic amines) is 1. The topological polar surface area (TPSA) is 53.9 Å². The Balaban J connectivity index is 1.58. The summed E-state index contributed by atoms with van der Waals surface area (Å²) in [6, 6.07) is 15.5. The highest BCUT2D eigenvalue weighted by molar-refractivity contribution is 8.14. The largest absolute Gasteiger partial charge is 0.435 e. The number of nitrogens with one attached hydrogen (secondary N) is 1. The number of para-hydroxylation sites is 1. The summed E-state index contributed by atoms with van der Waals surface area (Å²) in [6.45, 7) is -0.998. The standard InChI is InChI=1S/C20H21F2N3O2S/c21-19(22)27-17-10-8-16(9-11-17)23-18(26)14-28-20(25-12-4-5-13-25)24-15-6-2-1-3-7-15/h1-3,6-11,19H,4-5,12-14H2,(H,23,26). The maximum absolute atomic E-state index is 12.3. The zero-order valence-electron chi connectivity index (χ0n) is 15.2. The van der Waals surface area contributed by atoms with Gasteiger partial charge in [0, 0.05) is 18.8 Å². The molecule has 1 heterocycles. The Morgan fingerprint density at radius 3 is 2.43 bits per heavy atom. The lowest BCUT2D eigenvalue weighted by molar-refractivity contribution is -0.113. The van der Waals surface area contributed by atoms with Crippen LogP contribution in [0.25, 0.3) is 0 Å². The molecule has 148 valence electrons. The fraction of sp³-hybridized carbons (Fsp3) is 0.300. The van der Waals surface area contributed by atoms with Gasteiger partial charge in [-0.15, -0.1) is 0 Å². The summed E-state index contributed by atoms with van der Waals surface area (Å²) >= 11 is 1.39. The average molecular weight is 405 g/mol. The Morgan fingerprint density at radius 1 is 1.11 bits per heavy atom. The molecule has 0 aliphatic carbocycles. The maximum Gasteiger partial charge on any atom is 0.387 e. The number of benzene rings is 2. The van der Waals surface area contributed by atoms with Gasteiger partial charge in [0.2, 0.25) is 5.91 Å². The van der Waals surface area contributed by atoms with Crippen molar-refractivity contribution in [3.8, 4) is 5.75 Å². The molecule has 5 nitrogen and oxygen atoms in total. The van der Waals surface area contributed by atoms with Gasteiger partial charge in [-0.2, -0.15) is 8.78 Å². The molecule has 2 aromatic rings. The molecule has 1 aliphatic rings. The number of carbonyl (C=O) groups is 1. The molecule has 1 amide bonds. The summed E-state index contributed by atoms with van der Waals surface area (Å²) in [5.41, 5.74) is 1.38. The van der Waals surface area contributed by atoms with Crippen LogP contribution in [-0.4, -0.2) is 41.4 Å². The fourth-order valence-corrected chi connectivity index (χ4v) is 3.63. The minimum Gasteiger partial charge on any atom is -0.435 e. The molecule has 0 spiro atoms. The molecule has 1 N–H and O–H groups in total. The minimum absolute atomic E-state index is 0.0497. The molecule has 0 radical (unpaired) electrons. The smallest absolute Gasteiger partial charge is 0.387 e. The lowest BCUT2D eigenvalue weighted by Crippen LogP contribution is -2.27. The van der Waals surface area contributed by atoms with Crippen LogP contribution in [0.1, 0.15) is 12.8 Å². The summed E-state index contributed by atoms with van der Waals surface area (Å²) in [5, 5.41) is 3.59. The van der Waals surface area contributed by atoms with Crippen molar-refractivity contribution in [2.75, 3.05) is 24.2 Å². The van der Waals surface area contributed by atoms with E-state index in [1.165, 1.54) is 36.0 Å². The first-order chi connectivity index (χ1) is 13.6. The summed E-state index contributed by atoms with van der Waals surface area (Å²) in [4.78, 5) is 19.2. The van der Waals surface area contributed by atoms with Crippen molar-refractivity contribution in [2.45, 2.75) is 19.5 Å². The van der Waals surface area contributed by atoms with E-state index < -0.39 is 6.61 Å². The molecular formula is C20H21F2N3O2S. The normalized spacial score (nSPS) is 14.4. The second-order valence-corrected chi connectivity index (χ2v) is 7.11. The third kappa shape index (κ3) is 6.23. The molecule has 1 fully saturated rings. The van der Waals surface area contributed by atoms with E-state index in [9.17, 15) is 13.6 Å². The number of amidine groups is 1. The van der Waals surface area contributed by atoms with Crippen molar-refractivity contribution in [3.05, 3.63) is 54.6 Å². The van der Waals surface area contributed by atoms with Crippen LogP contribution in [0.4, 0.5) is 20.2 Å². The zero-order valence-corrected chi connectivity index (χ0v) is 16.0. The number of ether oxygens (including phenoxy) is 1. The van der Waals surface area contributed by atoms with Gasteiger partial charge in [-0.05, 0) is 49.2 Å². The number of rotatable bonds is 6. The number of carbonyl (C=O) groups excluding carboxylic acids is 1. The van der Waals surface area contributed by atoms with E-state index in [0.717, 1.165) is 36.8 Å². The molecular weight excluding hydrogens is 384 g/mol. The van der Waals surface area contributed by atoms with Crippen molar-refractivity contribution in [1.82, 2.24) is 4.90 Å². The molecule has 3 rings (SSSR count). The second-order valence-electron chi connectivity index (χ2n) is 6.16. The second kappa shape index (κ2) is 10.1.